The number of Topliss-reactive ketones (excluding diaryl/α,β-unsaturated/α-hetero) is 1. The molecule has 0 spiro atoms. The molecule has 192 valence electrons. The number of rotatable bonds is 10. The van der Waals surface area contributed by atoms with Crippen molar-refractivity contribution in [3.63, 3.8) is 0 Å². The van der Waals surface area contributed by atoms with Gasteiger partial charge in [0.15, 0.2) is 0 Å². The smallest absolute Gasteiger partial charge is 0.289 e. The number of carbonyl (C=O) groups excluding carboxylic acids is 5. The van der Waals surface area contributed by atoms with Crippen LogP contribution in [0, 0.1) is 5.92 Å². The summed E-state index contributed by atoms with van der Waals surface area (Å²) in [5.41, 5.74) is 0.819. The Morgan fingerprint density at radius 1 is 1.00 bits per heavy atom. The van der Waals surface area contributed by atoms with Gasteiger partial charge in [0.05, 0.1) is 17.5 Å². The van der Waals surface area contributed by atoms with E-state index in [-0.39, 0.29) is 25.4 Å². The Kier molecular flexibility index (Phi) is 8.63. The van der Waals surface area contributed by atoms with Gasteiger partial charge in [-0.2, -0.15) is 0 Å². The standard InChI is InChI=1S/C27H28N4O5S/c32-23(16-30-26(35)22-14-18-9-4-5-11-21(18)37-22)31-20(13-19-10-6-12-28-25(19)34)24(33)27(36)29-15-17-7-2-1-3-8-17/h1-5,7-9,11,14,19-20H,6,10,12-13,15-16H2,(H,28,34)(H,29,36)(H,30,35)(H,31,32). The monoisotopic (exact) mass is 520 g/mol. The number of thiophene rings is 1. The van der Waals surface area contributed by atoms with E-state index in [0.717, 1.165) is 22.1 Å². The van der Waals surface area contributed by atoms with Crippen LogP contribution in [-0.4, -0.2) is 48.5 Å². The first-order valence-corrected chi connectivity index (χ1v) is 12.9. The summed E-state index contributed by atoms with van der Waals surface area (Å²) < 4.78 is 0.954. The first-order chi connectivity index (χ1) is 17.9. The van der Waals surface area contributed by atoms with E-state index in [1.165, 1.54) is 11.3 Å². The lowest BCUT2D eigenvalue weighted by Gasteiger charge is -2.26. The van der Waals surface area contributed by atoms with Crippen molar-refractivity contribution in [2.75, 3.05) is 13.1 Å². The van der Waals surface area contributed by atoms with Gasteiger partial charge in [-0.05, 0) is 42.3 Å². The molecule has 2 unspecified atom stereocenters. The largest absolute Gasteiger partial charge is 0.356 e. The van der Waals surface area contributed by atoms with Crippen molar-refractivity contribution >= 4 is 50.8 Å². The van der Waals surface area contributed by atoms with Crippen LogP contribution in [0.5, 0.6) is 0 Å². The van der Waals surface area contributed by atoms with Gasteiger partial charge in [0.1, 0.15) is 0 Å². The molecule has 1 saturated heterocycles. The Labute approximate surface area is 218 Å². The molecule has 1 aliphatic heterocycles. The summed E-state index contributed by atoms with van der Waals surface area (Å²) in [5.74, 6) is -3.43. The lowest BCUT2D eigenvalue weighted by Crippen LogP contribution is -2.52. The van der Waals surface area contributed by atoms with Gasteiger partial charge in [0.2, 0.25) is 17.6 Å². The summed E-state index contributed by atoms with van der Waals surface area (Å²) in [6.07, 6.45) is 1.30. The molecule has 2 aromatic carbocycles. The van der Waals surface area contributed by atoms with Gasteiger partial charge >= 0.3 is 0 Å². The first kappa shape index (κ1) is 26.0. The van der Waals surface area contributed by atoms with Gasteiger partial charge in [-0.1, -0.05) is 48.5 Å². The highest BCUT2D eigenvalue weighted by Crippen LogP contribution is 2.25. The lowest BCUT2D eigenvalue weighted by molar-refractivity contribution is -0.141. The molecule has 1 aliphatic rings. The number of carbonyl (C=O) groups is 5. The average Bonchev–Trinajstić information content (AvgIpc) is 3.36. The van der Waals surface area contributed by atoms with Gasteiger partial charge in [0, 0.05) is 23.7 Å². The van der Waals surface area contributed by atoms with Crippen molar-refractivity contribution in [3.05, 3.63) is 71.1 Å². The van der Waals surface area contributed by atoms with Crippen LogP contribution in [0.3, 0.4) is 0 Å². The maximum Gasteiger partial charge on any atom is 0.289 e. The van der Waals surface area contributed by atoms with E-state index in [1.54, 1.807) is 6.07 Å². The van der Waals surface area contributed by atoms with E-state index < -0.39 is 35.5 Å². The molecule has 4 N–H and O–H groups in total. The number of hydrogen-bond donors (Lipinski definition) is 4. The van der Waals surface area contributed by atoms with E-state index in [2.05, 4.69) is 21.3 Å². The van der Waals surface area contributed by atoms with E-state index in [4.69, 9.17) is 0 Å². The molecule has 1 aromatic heterocycles. The second-order valence-corrected chi connectivity index (χ2v) is 9.93. The molecule has 4 rings (SSSR count). The SMILES string of the molecule is O=C(CNC(=O)c1cc2ccccc2s1)NC(CC1CCCNC1=O)C(=O)C(=O)NCc1ccccc1. The predicted octanol–water partition coefficient (Wildman–Crippen LogP) is 1.92. The molecule has 0 bridgehead atoms. The molecule has 2 heterocycles. The number of benzene rings is 2. The minimum atomic E-state index is -1.20. The first-order valence-electron chi connectivity index (χ1n) is 12.1. The third kappa shape index (κ3) is 7.01. The van der Waals surface area contributed by atoms with Crippen LogP contribution in [0.25, 0.3) is 10.1 Å². The molecule has 9 nitrogen and oxygen atoms in total. The van der Waals surface area contributed by atoms with Gasteiger partial charge in [0.25, 0.3) is 11.8 Å². The Balaban J connectivity index is 1.37. The summed E-state index contributed by atoms with van der Waals surface area (Å²) >= 11 is 1.31. The highest BCUT2D eigenvalue weighted by atomic mass is 32.1. The molecule has 0 saturated carbocycles. The number of amides is 4. The molecule has 10 heteroatoms. The second kappa shape index (κ2) is 12.3. The zero-order valence-corrected chi connectivity index (χ0v) is 20.9. The normalized spacial score (nSPS) is 15.9. The highest BCUT2D eigenvalue weighted by molar-refractivity contribution is 7.20. The number of ketones is 1. The molecule has 1 fully saturated rings. The van der Waals surface area contributed by atoms with Gasteiger partial charge in [-0.15, -0.1) is 11.3 Å². The predicted molar refractivity (Wildman–Crippen MR) is 140 cm³/mol. The zero-order valence-electron chi connectivity index (χ0n) is 20.1. The maximum absolute atomic E-state index is 13.0. The summed E-state index contributed by atoms with van der Waals surface area (Å²) in [7, 11) is 0. The molecule has 0 aliphatic carbocycles. The minimum absolute atomic E-state index is 0.000571. The fourth-order valence-electron chi connectivity index (χ4n) is 4.19. The number of fused-ring (bicyclic) bond motifs is 1. The van der Waals surface area contributed by atoms with Crippen LogP contribution < -0.4 is 21.3 Å². The quantitative estimate of drug-likeness (QED) is 0.303. The van der Waals surface area contributed by atoms with Crippen LogP contribution in [-0.2, 0) is 25.7 Å². The van der Waals surface area contributed by atoms with E-state index in [9.17, 15) is 24.0 Å². The van der Waals surface area contributed by atoms with E-state index in [0.29, 0.717) is 17.8 Å². The highest BCUT2D eigenvalue weighted by Gasteiger charge is 2.33. The molecule has 0 radical (unpaired) electrons. The maximum atomic E-state index is 13.0. The summed E-state index contributed by atoms with van der Waals surface area (Å²) in [4.78, 5) is 63.6. The third-order valence-corrected chi connectivity index (χ3v) is 7.26. The Morgan fingerprint density at radius 2 is 1.76 bits per heavy atom. The molecule has 37 heavy (non-hydrogen) atoms. The number of hydrogen-bond acceptors (Lipinski definition) is 6. The molecule has 2 atom stereocenters. The summed E-state index contributed by atoms with van der Waals surface area (Å²) in [6.45, 7) is 0.336. The minimum Gasteiger partial charge on any atom is -0.356 e. The van der Waals surface area contributed by atoms with Crippen molar-refractivity contribution in [1.82, 2.24) is 21.3 Å². The van der Waals surface area contributed by atoms with Crippen molar-refractivity contribution in [2.45, 2.75) is 31.8 Å². The number of piperidine rings is 1. The fourth-order valence-corrected chi connectivity index (χ4v) is 5.17. The molecule has 3 aromatic rings. The Hall–Kier alpha value is -4.05. The topological polar surface area (TPSA) is 133 Å². The summed E-state index contributed by atoms with van der Waals surface area (Å²) in [6, 6.07) is 17.2. The van der Waals surface area contributed by atoms with Crippen LogP contribution in [0.15, 0.2) is 60.7 Å². The lowest BCUT2D eigenvalue weighted by atomic mass is 9.90. The zero-order chi connectivity index (χ0) is 26.2. The van der Waals surface area contributed by atoms with Crippen LogP contribution >= 0.6 is 11.3 Å². The van der Waals surface area contributed by atoms with Crippen LogP contribution in [0.2, 0.25) is 0 Å². The van der Waals surface area contributed by atoms with Crippen molar-refractivity contribution < 1.29 is 24.0 Å². The third-order valence-electron chi connectivity index (χ3n) is 6.15. The number of nitrogens with one attached hydrogen (secondary N) is 4. The average molecular weight is 521 g/mol. The molecule has 4 amide bonds. The molecular formula is C27H28N4O5S. The van der Waals surface area contributed by atoms with Crippen LogP contribution in [0.1, 0.15) is 34.5 Å². The van der Waals surface area contributed by atoms with Crippen molar-refractivity contribution in [2.24, 2.45) is 5.92 Å². The van der Waals surface area contributed by atoms with Gasteiger partial charge in [-0.3, -0.25) is 24.0 Å². The van der Waals surface area contributed by atoms with Gasteiger partial charge in [-0.25, -0.2) is 0 Å². The van der Waals surface area contributed by atoms with Crippen molar-refractivity contribution in [3.8, 4) is 0 Å². The fraction of sp³-hybridized carbons (Fsp3) is 0.296. The van der Waals surface area contributed by atoms with E-state index in [1.807, 2.05) is 54.6 Å². The molecular weight excluding hydrogens is 492 g/mol. The summed E-state index contributed by atoms with van der Waals surface area (Å²) in [5, 5.41) is 11.4. The van der Waals surface area contributed by atoms with Crippen LogP contribution in [0.4, 0.5) is 0 Å². The Morgan fingerprint density at radius 3 is 2.51 bits per heavy atom. The second-order valence-electron chi connectivity index (χ2n) is 8.85. The van der Waals surface area contributed by atoms with Gasteiger partial charge < -0.3 is 21.3 Å². The van der Waals surface area contributed by atoms with Crippen molar-refractivity contribution in [1.29, 1.82) is 0 Å². The van der Waals surface area contributed by atoms with E-state index >= 15 is 0 Å². The Bertz CT molecular complexity index is 1270.